The lowest BCUT2D eigenvalue weighted by molar-refractivity contribution is 0.0708. The van der Waals surface area contributed by atoms with Crippen LogP contribution in [-0.2, 0) is 10.0 Å². The normalized spacial score (nSPS) is 16.6. The first-order valence-corrected chi connectivity index (χ1v) is 11.6. The monoisotopic (exact) mass is 417 g/mol. The van der Waals surface area contributed by atoms with Gasteiger partial charge in [-0.15, -0.1) is 0 Å². The average Bonchev–Trinajstić information content (AvgIpc) is 2.67. The third-order valence-corrected chi connectivity index (χ3v) is 6.17. The zero-order valence-electron chi connectivity index (χ0n) is 17.0. The van der Waals surface area contributed by atoms with E-state index in [1.54, 1.807) is 28.7 Å². The van der Waals surface area contributed by atoms with E-state index >= 15 is 0 Å². The minimum absolute atomic E-state index is 0.180. The SMILES string of the molecule is Cc1ccn(C(C)c2ccccc2)c(=O)c1C(=O)N1CCC(NS(C)(=O)=O)CC1. The van der Waals surface area contributed by atoms with E-state index in [1.807, 2.05) is 37.3 Å². The van der Waals surface area contributed by atoms with Gasteiger partial charge in [-0.05, 0) is 43.9 Å². The molecule has 1 amide bonds. The van der Waals surface area contributed by atoms with Crippen molar-refractivity contribution in [1.82, 2.24) is 14.2 Å². The van der Waals surface area contributed by atoms with E-state index in [9.17, 15) is 18.0 Å². The van der Waals surface area contributed by atoms with Crippen molar-refractivity contribution in [2.24, 2.45) is 0 Å². The highest BCUT2D eigenvalue weighted by atomic mass is 32.2. The van der Waals surface area contributed by atoms with Crippen LogP contribution in [0.25, 0.3) is 0 Å². The molecule has 0 bridgehead atoms. The predicted octanol–water partition coefficient (Wildman–Crippen LogP) is 1.92. The van der Waals surface area contributed by atoms with E-state index in [2.05, 4.69) is 4.72 Å². The van der Waals surface area contributed by atoms with Crippen molar-refractivity contribution < 1.29 is 13.2 Å². The first-order chi connectivity index (χ1) is 13.7. The summed E-state index contributed by atoms with van der Waals surface area (Å²) in [7, 11) is -3.28. The number of hydrogen-bond donors (Lipinski definition) is 1. The molecule has 1 aromatic carbocycles. The van der Waals surface area contributed by atoms with Gasteiger partial charge in [0.15, 0.2) is 0 Å². The van der Waals surface area contributed by atoms with Crippen molar-refractivity contribution in [2.45, 2.75) is 38.8 Å². The summed E-state index contributed by atoms with van der Waals surface area (Å²) >= 11 is 0. The van der Waals surface area contributed by atoms with Crippen LogP contribution in [0, 0.1) is 6.92 Å². The van der Waals surface area contributed by atoms with Crippen molar-refractivity contribution >= 4 is 15.9 Å². The maximum atomic E-state index is 13.2. The number of nitrogens with one attached hydrogen (secondary N) is 1. The molecule has 29 heavy (non-hydrogen) atoms. The van der Waals surface area contributed by atoms with Gasteiger partial charge in [0.25, 0.3) is 11.5 Å². The van der Waals surface area contributed by atoms with Gasteiger partial charge in [-0.2, -0.15) is 0 Å². The van der Waals surface area contributed by atoms with Crippen molar-refractivity contribution in [3.05, 3.63) is 69.6 Å². The summed E-state index contributed by atoms with van der Waals surface area (Å²) in [4.78, 5) is 27.9. The number of amides is 1. The Morgan fingerprint density at radius 2 is 1.76 bits per heavy atom. The molecule has 2 heterocycles. The van der Waals surface area contributed by atoms with Crippen LogP contribution < -0.4 is 10.3 Å². The lowest BCUT2D eigenvalue weighted by Crippen LogP contribution is -2.47. The van der Waals surface area contributed by atoms with Gasteiger partial charge in [0.2, 0.25) is 10.0 Å². The average molecular weight is 418 g/mol. The molecule has 8 heteroatoms. The Morgan fingerprint density at radius 3 is 2.34 bits per heavy atom. The summed E-state index contributed by atoms with van der Waals surface area (Å²) in [6.45, 7) is 4.52. The molecule has 1 aromatic heterocycles. The number of likely N-dealkylation sites (tertiary alicyclic amines) is 1. The topological polar surface area (TPSA) is 88.5 Å². The molecule has 1 aliphatic rings. The second kappa shape index (κ2) is 8.51. The number of pyridine rings is 1. The highest BCUT2D eigenvalue weighted by Crippen LogP contribution is 2.18. The molecule has 1 aliphatic heterocycles. The molecule has 0 saturated carbocycles. The molecule has 1 fully saturated rings. The summed E-state index contributed by atoms with van der Waals surface area (Å²) in [5.74, 6) is -0.292. The van der Waals surface area contributed by atoms with Crippen molar-refractivity contribution in [2.75, 3.05) is 19.3 Å². The molecule has 7 nitrogen and oxygen atoms in total. The fraction of sp³-hybridized carbons (Fsp3) is 0.429. The van der Waals surface area contributed by atoms with Crippen LogP contribution in [-0.4, -0.2) is 49.2 Å². The van der Waals surface area contributed by atoms with E-state index in [4.69, 9.17) is 0 Å². The van der Waals surface area contributed by atoms with Gasteiger partial charge < -0.3 is 9.47 Å². The second-order valence-corrected chi connectivity index (χ2v) is 9.41. The number of piperidine rings is 1. The minimum Gasteiger partial charge on any atom is -0.338 e. The molecule has 3 rings (SSSR count). The third kappa shape index (κ3) is 4.94. The standard InChI is InChI=1S/C21H27N3O4S/c1-15-9-14-24(16(2)17-7-5-4-6-8-17)21(26)19(15)20(25)23-12-10-18(11-13-23)22-29(3,27)28/h4-9,14,16,18,22H,10-13H2,1-3H3. The van der Waals surface area contributed by atoms with Gasteiger partial charge in [-0.1, -0.05) is 30.3 Å². The van der Waals surface area contributed by atoms with Crippen molar-refractivity contribution in [1.29, 1.82) is 0 Å². The van der Waals surface area contributed by atoms with E-state index < -0.39 is 10.0 Å². The Bertz CT molecular complexity index is 1040. The maximum Gasteiger partial charge on any atom is 0.264 e. The van der Waals surface area contributed by atoms with Gasteiger partial charge in [0, 0.05) is 25.3 Å². The first-order valence-electron chi connectivity index (χ1n) is 9.70. The number of hydrogen-bond acceptors (Lipinski definition) is 4. The zero-order chi connectivity index (χ0) is 21.2. The van der Waals surface area contributed by atoms with E-state index in [0.29, 0.717) is 31.5 Å². The van der Waals surface area contributed by atoms with Crippen LogP contribution in [0.2, 0.25) is 0 Å². The second-order valence-electron chi connectivity index (χ2n) is 7.63. The molecule has 2 aromatic rings. The van der Waals surface area contributed by atoms with Gasteiger partial charge >= 0.3 is 0 Å². The highest BCUT2D eigenvalue weighted by molar-refractivity contribution is 7.88. The zero-order valence-corrected chi connectivity index (χ0v) is 17.8. The molecular formula is C21H27N3O4S. The summed E-state index contributed by atoms with van der Waals surface area (Å²) in [5, 5.41) is 0. The molecule has 1 saturated heterocycles. The number of aryl methyl sites for hydroxylation is 1. The smallest absolute Gasteiger partial charge is 0.264 e. The quantitative estimate of drug-likeness (QED) is 0.805. The Labute approximate surface area is 171 Å². The van der Waals surface area contributed by atoms with Crippen LogP contribution in [0.1, 0.15) is 47.3 Å². The van der Waals surface area contributed by atoms with Crippen LogP contribution >= 0.6 is 0 Å². The van der Waals surface area contributed by atoms with Crippen LogP contribution in [0.15, 0.2) is 47.4 Å². The number of carbonyl (C=O) groups is 1. The summed E-state index contributed by atoms with van der Waals surface area (Å²) in [5.41, 5.74) is 1.52. The Morgan fingerprint density at radius 1 is 1.14 bits per heavy atom. The molecule has 1 unspecified atom stereocenters. The van der Waals surface area contributed by atoms with Gasteiger partial charge in [0.05, 0.1) is 12.3 Å². The fourth-order valence-corrected chi connectivity index (χ4v) is 4.60. The van der Waals surface area contributed by atoms with E-state index in [1.165, 1.54) is 0 Å². The number of aromatic nitrogens is 1. The molecule has 156 valence electrons. The minimum atomic E-state index is -3.28. The number of benzene rings is 1. The molecule has 0 spiro atoms. The largest absolute Gasteiger partial charge is 0.338 e. The van der Waals surface area contributed by atoms with E-state index in [-0.39, 0.29) is 29.1 Å². The summed E-state index contributed by atoms with van der Waals surface area (Å²) in [6.07, 6.45) is 3.92. The number of carbonyl (C=O) groups excluding carboxylic acids is 1. The van der Waals surface area contributed by atoms with Gasteiger partial charge in [-0.3, -0.25) is 9.59 Å². The molecule has 0 radical (unpaired) electrons. The highest BCUT2D eigenvalue weighted by Gasteiger charge is 2.28. The first kappa shape index (κ1) is 21.3. The molecule has 0 aliphatic carbocycles. The molecular weight excluding hydrogens is 390 g/mol. The predicted molar refractivity (Wildman–Crippen MR) is 113 cm³/mol. The molecule has 1 N–H and O–H groups in total. The fourth-order valence-electron chi connectivity index (χ4n) is 3.76. The van der Waals surface area contributed by atoms with Crippen LogP contribution in [0.4, 0.5) is 0 Å². The summed E-state index contributed by atoms with van der Waals surface area (Å²) in [6, 6.07) is 11.1. The van der Waals surface area contributed by atoms with Gasteiger partial charge in [0.1, 0.15) is 5.56 Å². The van der Waals surface area contributed by atoms with Crippen LogP contribution in [0.3, 0.4) is 0 Å². The Hall–Kier alpha value is -2.45. The third-order valence-electron chi connectivity index (χ3n) is 5.40. The number of nitrogens with zero attached hydrogens (tertiary/aromatic N) is 2. The lowest BCUT2D eigenvalue weighted by Gasteiger charge is -2.32. The molecule has 1 atom stereocenters. The maximum absolute atomic E-state index is 13.2. The Balaban J connectivity index is 1.82. The number of sulfonamides is 1. The van der Waals surface area contributed by atoms with Crippen LogP contribution in [0.5, 0.6) is 0 Å². The van der Waals surface area contributed by atoms with Gasteiger partial charge in [-0.25, -0.2) is 13.1 Å². The van der Waals surface area contributed by atoms with Crippen molar-refractivity contribution in [3.8, 4) is 0 Å². The Kier molecular flexibility index (Phi) is 6.24. The number of rotatable bonds is 5. The summed E-state index contributed by atoms with van der Waals surface area (Å²) < 4.78 is 27.0. The van der Waals surface area contributed by atoms with E-state index in [0.717, 1.165) is 11.8 Å². The van der Waals surface area contributed by atoms with Crippen molar-refractivity contribution in [3.63, 3.8) is 0 Å². The lowest BCUT2D eigenvalue weighted by atomic mass is 10.0.